The number of sulfonamides is 1. The van der Waals surface area contributed by atoms with Crippen LogP contribution in [0.2, 0.25) is 0 Å². The first-order valence-corrected chi connectivity index (χ1v) is 13.3. The van der Waals surface area contributed by atoms with Crippen LogP contribution in [0.15, 0.2) is 82.2 Å². The molecule has 0 saturated carbocycles. The third-order valence-corrected chi connectivity index (χ3v) is 7.87. The van der Waals surface area contributed by atoms with Crippen molar-refractivity contribution in [3.05, 3.63) is 88.4 Å². The highest BCUT2D eigenvalue weighted by Gasteiger charge is 2.28. The molecule has 0 saturated heterocycles. The van der Waals surface area contributed by atoms with Crippen molar-refractivity contribution in [3.8, 4) is 11.5 Å². The van der Waals surface area contributed by atoms with Crippen molar-refractivity contribution in [1.82, 2.24) is 9.62 Å². The standard InChI is InChI=1S/C26H29BrN2O5S/c1-19(21-10-7-11-22(27)16-21)28-26(30)18-29(15-14-20-8-5-4-6-9-20)35(31,32)23-12-13-24(33-2)25(17-23)34-3/h4-13,16-17,19H,14-15,18H2,1-3H3,(H,28,30). The lowest BCUT2D eigenvalue weighted by atomic mass is 10.1. The van der Waals surface area contributed by atoms with E-state index in [4.69, 9.17) is 9.47 Å². The second kappa shape index (κ2) is 12.2. The molecule has 3 aromatic rings. The molecule has 0 radical (unpaired) electrons. The minimum absolute atomic E-state index is 0.0241. The fourth-order valence-electron chi connectivity index (χ4n) is 3.62. The molecule has 0 aliphatic rings. The zero-order valence-electron chi connectivity index (χ0n) is 19.9. The van der Waals surface area contributed by atoms with Crippen LogP contribution in [-0.4, -0.2) is 45.9 Å². The molecule has 0 heterocycles. The summed E-state index contributed by atoms with van der Waals surface area (Å²) in [7, 11) is -1.08. The molecular formula is C26H29BrN2O5S. The lowest BCUT2D eigenvalue weighted by Gasteiger charge is -2.24. The predicted octanol–water partition coefficient (Wildman–Crippen LogP) is 4.58. The van der Waals surface area contributed by atoms with E-state index < -0.39 is 15.9 Å². The molecule has 1 unspecified atom stereocenters. The van der Waals surface area contributed by atoms with Gasteiger partial charge in [0, 0.05) is 17.1 Å². The number of carbonyl (C=O) groups excluding carboxylic acids is 1. The Bertz CT molecular complexity index is 1250. The van der Waals surface area contributed by atoms with E-state index >= 15 is 0 Å². The van der Waals surface area contributed by atoms with Crippen molar-refractivity contribution in [3.63, 3.8) is 0 Å². The summed E-state index contributed by atoms with van der Waals surface area (Å²) in [4.78, 5) is 13.0. The van der Waals surface area contributed by atoms with Crippen LogP contribution in [0.3, 0.4) is 0 Å². The highest BCUT2D eigenvalue weighted by atomic mass is 79.9. The van der Waals surface area contributed by atoms with Gasteiger partial charge in [-0.15, -0.1) is 0 Å². The summed E-state index contributed by atoms with van der Waals surface area (Å²) in [5.74, 6) is 0.321. The highest BCUT2D eigenvalue weighted by Crippen LogP contribution is 2.30. The molecule has 1 N–H and O–H groups in total. The number of methoxy groups -OCH3 is 2. The van der Waals surface area contributed by atoms with Crippen LogP contribution in [0.1, 0.15) is 24.1 Å². The number of nitrogens with zero attached hydrogens (tertiary/aromatic N) is 1. The maximum atomic E-state index is 13.6. The fraction of sp³-hybridized carbons (Fsp3) is 0.269. The molecule has 9 heteroatoms. The topological polar surface area (TPSA) is 84.9 Å². The molecule has 0 aliphatic heterocycles. The molecule has 7 nitrogen and oxygen atoms in total. The van der Waals surface area contributed by atoms with Crippen LogP contribution in [0.4, 0.5) is 0 Å². The van der Waals surface area contributed by atoms with Crippen LogP contribution < -0.4 is 14.8 Å². The largest absolute Gasteiger partial charge is 0.493 e. The molecule has 35 heavy (non-hydrogen) atoms. The number of amides is 1. The monoisotopic (exact) mass is 560 g/mol. The lowest BCUT2D eigenvalue weighted by Crippen LogP contribution is -2.42. The maximum absolute atomic E-state index is 13.6. The van der Waals surface area contributed by atoms with Crippen LogP contribution in [0.25, 0.3) is 0 Å². The number of rotatable bonds is 11. The molecule has 1 atom stereocenters. The number of halogens is 1. The first-order chi connectivity index (χ1) is 16.7. The Balaban J connectivity index is 1.84. The summed E-state index contributed by atoms with van der Waals surface area (Å²) in [5, 5.41) is 2.91. The van der Waals surface area contributed by atoms with E-state index in [-0.39, 0.29) is 24.0 Å². The molecule has 0 aliphatic carbocycles. The summed E-state index contributed by atoms with van der Waals surface area (Å²) in [6.45, 7) is 1.68. The summed E-state index contributed by atoms with van der Waals surface area (Å²) in [6, 6.07) is 21.3. The number of benzene rings is 3. The van der Waals surface area contributed by atoms with E-state index in [1.54, 1.807) is 0 Å². The highest BCUT2D eigenvalue weighted by molar-refractivity contribution is 9.10. The van der Waals surface area contributed by atoms with Crippen molar-refractivity contribution >= 4 is 31.9 Å². The third-order valence-electron chi connectivity index (χ3n) is 5.53. The normalized spacial score (nSPS) is 12.3. The first-order valence-electron chi connectivity index (χ1n) is 11.1. The number of hydrogen-bond acceptors (Lipinski definition) is 5. The zero-order valence-corrected chi connectivity index (χ0v) is 22.3. The van der Waals surface area contributed by atoms with Crippen LogP contribution in [-0.2, 0) is 21.2 Å². The van der Waals surface area contributed by atoms with Gasteiger partial charge in [0.05, 0.1) is 31.7 Å². The second-order valence-electron chi connectivity index (χ2n) is 7.94. The summed E-state index contributed by atoms with van der Waals surface area (Å²) in [5.41, 5.74) is 1.88. The smallest absolute Gasteiger partial charge is 0.243 e. The van der Waals surface area contributed by atoms with Gasteiger partial charge >= 0.3 is 0 Å². The van der Waals surface area contributed by atoms with Gasteiger partial charge in [-0.1, -0.05) is 58.4 Å². The van der Waals surface area contributed by atoms with Crippen molar-refractivity contribution < 1.29 is 22.7 Å². The quantitative estimate of drug-likeness (QED) is 0.371. The van der Waals surface area contributed by atoms with E-state index in [1.165, 1.54) is 36.7 Å². The average molecular weight is 561 g/mol. The maximum Gasteiger partial charge on any atom is 0.243 e. The molecule has 0 fully saturated rings. The van der Waals surface area contributed by atoms with Gasteiger partial charge < -0.3 is 14.8 Å². The molecule has 3 aromatic carbocycles. The Morgan fingerprint density at radius 2 is 1.69 bits per heavy atom. The predicted molar refractivity (Wildman–Crippen MR) is 139 cm³/mol. The number of ether oxygens (including phenoxy) is 2. The molecular weight excluding hydrogens is 532 g/mol. The van der Waals surface area contributed by atoms with Gasteiger partial charge in [0.25, 0.3) is 0 Å². The molecule has 0 aromatic heterocycles. The van der Waals surface area contributed by atoms with Crippen molar-refractivity contribution in [2.24, 2.45) is 0 Å². The molecule has 0 bridgehead atoms. The third kappa shape index (κ3) is 7.06. The Morgan fingerprint density at radius 3 is 2.34 bits per heavy atom. The molecule has 0 spiro atoms. The van der Waals surface area contributed by atoms with Gasteiger partial charge in [-0.25, -0.2) is 8.42 Å². The second-order valence-corrected chi connectivity index (χ2v) is 10.8. The SMILES string of the molecule is COc1ccc(S(=O)(=O)N(CCc2ccccc2)CC(=O)NC(C)c2cccc(Br)c2)cc1OC. The molecule has 1 amide bonds. The van der Waals surface area contributed by atoms with E-state index in [1.807, 2.05) is 61.5 Å². The Labute approximate surface area is 215 Å². The first kappa shape index (κ1) is 26.7. The van der Waals surface area contributed by atoms with E-state index in [9.17, 15) is 13.2 Å². The summed E-state index contributed by atoms with van der Waals surface area (Å²) in [6.07, 6.45) is 0.460. The van der Waals surface area contributed by atoms with Crippen molar-refractivity contribution in [2.75, 3.05) is 27.3 Å². The Morgan fingerprint density at radius 1 is 0.971 bits per heavy atom. The minimum atomic E-state index is -4.00. The van der Waals surface area contributed by atoms with Crippen molar-refractivity contribution in [2.45, 2.75) is 24.3 Å². The summed E-state index contributed by atoms with van der Waals surface area (Å²) < 4.78 is 39.8. The van der Waals surface area contributed by atoms with Gasteiger partial charge in [-0.05, 0) is 48.7 Å². The van der Waals surface area contributed by atoms with Gasteiger partial charge in [0.1, 0.15) is 0 Å². The van der Waals surface area contributed by atoms with E-state index in [2.05, 4.69) is 21.2 Å². The van der Waals surface area contributed by atoms with Gasteiger partial charge in [-0.2, -0.15) is 4.31 Å². The Kier molecular flexibility index (Phi) is 9.31. The van der Waals surface area contributed by atoms with Gasteiger partial charge in [-0.3, -0.25) is 4.79 Å². The Hall–Kier alpha value is -2.88. The molecule has 3 rings (SSSR count). The fourth-order valence-corrected chi connectivity index (χ4v) is 5.45. The van der Waals surface area contributed by atoms with Crippen LogP contribution in [0, 0.1) is 0 Å². The van der Waals surface area contributed by atoms with Crippen molar-refractivity contribution in [1.29, 1.82) is 0 Å². The minimum Gasteiger partial charge on any atom is -0.493 e. The average Bonchev–Trinajstić information content (AvgIpc) is 2.86. The summed E-state index contributed by atoms with van der Waals surface area (Å²) >= 11 is 3.43. The number of carbonyl (C=O) groups is 1. The van der Waals surface area contributed by atoms with Crippen LogP contribution >= 0.6 is 15.9 Å². The van der Waals surface area contributed by atoms with Crippen LogP contribution in [0.5, 0.6) is 11.5 Å². The number of nitrogens with one attached hydrogen (secondary N) is 1. The molecule has 186 valence electrons. The lowest BCUT2D eigenvalue weighted by molar-refractivity contribution is -0.121. The zero-order chi connectivity index (χ0) is 25.4. The van der Waals surface area contributed by atoms with E-state index in [0.29, 0.717) is 17.9 Å². The van der Waals surface area contributed by atoms with Gasteiger partial charge in [0.15, 0.2) is 11.5 Å². The van der Waals surface area contributed by atoms with E-state index in [0.717, 1.165) is 15.6 Å². The van der Waals surface area contributed by atoms with Gasteiger partial charge in [0.2, 0.25) is 15.9 Å². The number of hydrogen-bond donors (Lipinski definition) is 1.